The Labute approximate surface area is 249 Å². The van der Waals surface area contributed by atoms with Gasteiger partial charge < -0.3 is 29.8 Å². The minimum atomic E-state index is 0.000936. The maximum absolute atomic E-state index is 13.7. The molecule has 3 N–H and O–H groups in total. The predicted octanol–water partition coefficient (Wildman–Crippen LogP) is 4.41. The van der Waals surface area contributed by atoms with E-state index in [1.165, 1.54) is 12.8 Å². The van der Waals surface area contributed by atoms with Gasteiger partial charge in [-0.15, -0.1) is 0 Å². The summed E-state index contributed by atoms with van der Waals surface area (Å²) < 4.78 is 10.2. The van der Waals surface area contributed by atoms with Crippen LogP contribution in [0, 0.1) is 18.8 Å². The second kappa shape index (κ2) is 9.77. The van der Waals surface area contributed by atoms with Crippen LogP contribution in [0.2, 0.25) is 0 Å². The van der Waals surface area contributed by atoms with Crippen LogP contribution in [-0.2, 0) is 13.6 Å². The molecule has 3 fully saturated rings. The first kappa shape index (κ1) is 26.1. The van der Waals surface area contributed by atoms with Gasteiger partial charge in [0.15, 0.2) is 5.82 Å². The number of imidazole rings is 1. The highest BCUT2D eigenvalue weighted by atomic mass is 16.5. The molecular weight excluding hydrogens is 542 g/mol. The van der Waals surface area contributed by atoms with E-state index in [2.05, 4.69) is 36.6 Å². The van der Waals surface area contributed by atoms with E-state index in [0.29, 0.717) is 34.8 Å². The summed E-state index contributed by atoms with van der Waals surface area (Å²) in [6.07, 6.45) is 6.23. The maximum atomic E-state index is 13.7. The molecule has 5 heterocycles. The Hall–Kier alpha value is -4.51. The Morgan fingerprint density at radius 1 is 1.07 bits per heavy atom. The number of piperidine rings is 1. The molecule has 2 saturated carbocycles. The largest absolute Gasteiger partial charge is 0.494 e. The topological polar surface area (TPSA) is 129 Å². The van der Waals surface area contributed by atoms with E-state index in [4.69, 9.17) is 20.4 Å². The lowest BCUT2D eigenvalue weighted by molar-refractivity contribution is 0.0700. The van der Waals surface area contributed by atoms with Crippen LogP contribution in [-0.4, -0.2) is 65.6 Å². The normalized spacial score (nSPS) is 21.3. The molecule has 11 heteroatoms. The third-order valence-electron chi connectivity index (χ3n) is 9.46. The van der Waals surface area contributed by atoms with E-state index >= 15 is 0 Å². The first-order chi connectivity index (χ1) is 20.9. The Bertz CT molecular complexity index is 1910. The number of nitrogens with one attached hydrogen (secondary N) is 1. The van der Waals surface area contributed by atoms with Crippen LogP contribution in [0.25, 0.3) is 33.6 Å². The van der Waals surface area contributed by atoms with Gasteiger partial charge in [-0.2, -0.15) is 0 Å². The van der Waals surface area contributed by atoms with Crippen molar-refractivity contribution in [3.8, 4) is 17.3 Å². The van der Waals surface area contributed by atoms with Gasteiger partial charge in [0.25, 0.3) is 5.91 Å². The van der Waals surface area contributed by atoms with Crippen molar-refractivity contribution in [1.82, 2.24) is 34.0 Å². The molecule has 0 radical (unpaired) electrons. The standard InChI is InChI=1S/C32H35N9O2/c1-17-34-11-10-27(35-17)37-26-9-7-19-13-24(40(30(19)38-26)15-18-4-5-18)31-36-22-12-21(14-25(43-3)29(22)39(31)2)32(42)41-16-20-6-8-23(41)28(20)33/h7,9-14,18,20,23,28H,4-6,8,15-16,33H2,1-3H3,(H,34,35,37,38)/t20-,23-,28-/m1/s1. The zero-order chi connectivity index (χ0) is 29.4. The fourth-order valence-electron chi connectivity index (χ4n) is 7.05. The summed E-state index contributed by atoms with van der Waals surface area (Å²) in [6, 6.07) is 12.0. The number of aryl methyl sites for hydroxylation is 2. The predicted molar refractivity (Wildman–Crippen MR) is 164 cm³/mol. The SMILES string of the molecule is COc1cc(C(=O)N2C[C@H]3CC[C@@H]2[C@@H]3N)cc2nc(-c3cc4ccc(Nc5ccnc(C)n5)nc4n3CC3CC3)n(C)c12. The summed E-state index contributed by atoms with van der Waals surface area (Å²) in [5, 5.41) is 4.36. The van der Waals surface area contributed by atoms with Gasteiger partial charge in [-0.25, -0.2) is 19.9 Å². The second-order valence-electron chi connectivity index (χ2n) is 12.3. The van der Waals surface area contributed by atoms with E-state index in [0.717, 1.165) is 65.3 Å². The molecule has 2 aliphatic carbocycles. The highest BCUT2D eigenvalue weighted by molar-refractivity contribution is 6.00. The number of carbonyl (C=O) groups is 1. The van der Waals surface area contributed by atoms with Crippen LogP contribution in [0.15, 0.2) is 42.6 Å². The van der Waals surface area contributed by atoms with E-state index in [1.807, 2.05) is 43.1 Å². The number of ether oxygens (including phenoxy) is 1. The number of anilines is 2. The van der Waals surface area contributed by atoms with Gasteiger partial charge in [0.05, 0.1) is 18.3 Å². The summed E-state index contributed by atoms with van der Waals surface area (Å²) in [7, 11) is 3.65. The Morgan fingerprint density at radius 3 is 2.63 bits per heavy atom. The number of likely N-dealkylation sites (tertiary alicyclic amines) is 1. The van der Waals surface area contributed by atoms with Crippen molar-refractivity contribution in [2.75, 3.05) is 19.0 Å². The third kappa shape index (κ3) is 4.32. The van der Waals surface area contributed by atoms with E-state index in [-0.39, 0.29) is 18.0 Å². The Kier molecular flexibility index (Phi) is 5.94. The molecule has 1 aliphatic heterocycles. The van der Waals surface area contributed by atoms with Crippen molar-refractivity contribution in [3.63, 3.8) is 0 Å². The monoisotopic (exact) mass is 577 g/mol. The van der Waals surface area contributed by atoms with Gasteiger partial charge in [-0.1, -0.05) is 0 Å². The van der Waals surface area contributed by atoms with Crippen LogP contribution in [0.3, 0.4) is 0 Å². The maximum Gasteiger partial charge on any atom is 0.254 e. The van der Waals surface area contributed by atoms with Crippen molar-refractivity contribution >= 4 is 39.6 Å². The van der Waals surface area contributed by atoms with Crippen molar-refractivity contribution in [2.24, 2.45) is 24.6 Å². The summed E-state index contributed by atoms with van der Waals surface area (Å²) >= 11 is 0. The van der Waals surface area contributed by atoms with Crippen molar-refractivity contribution in [3.05, 3.63) is 54.0 Å². The molecule has 11 nitrogen and oxygen atoms in total. The highest BCUT2D eigenvalue weighted by Crippen LogP contribution is 2.40. The summed E-state index contributed by atoms with van der Waals surface area (Å²) in [6.45, 7) is 3.45. The van der Waals surface area contributed by atoms with E-state index < -0.39 is 0 Å². The average Bonchev–Trinajstić information content (AvgIpc) is 3.41. The number of rotatable bonds is 7. The zero-order valence-electron chi connectivity index (χ0n) is 24.6. The van der Waals surface area contributed by atoms with Crippen molar-refractivity contribution in [2.45, 2.75) is 51.2 Å². The molecule has 220 valence electrons. The minimum Gasteiger partial charge on any atom is -0.494 e. The number of aromatic nitrogens is 6. The molecule has 0 unspecified atom stereocenters. The lowest BCUT2D eigenvalue weighted by Gasteiger charge is -2.27. The molecule has 1 aromatic carbocycles. The lowest BCUT2D eigenvalue weighted by atomic mass is 10.1. The summed E-state index contributed by atoms with van der Waals surface area (Å²) in [5.74, 6) is 4.57. The minimum absolute atomic E-state index is 0.000936. The fourth-order valence-corrected chi connectivity index (χ4v) is 7.05. The Balaban J connectivity index is 1.21. The molecule has 1 amide bonds. The van der Waals surface area contributed by atoms with Gasteiger partial charge in [0.2, 0.25) is 0 Å². The van der Waals surface area contributed by atoms with Crippen LogP contribution < -0.4 is 15.8 Å². The molecule has 4 aromatic heterocycles. The molecule has 0 spiro atoms. The smallest absolute Gasteiger partial charge is 0.254 e. The molecule has 5 aromatic rings. The van der Waals surface area contributed by atoms with Crippen LogP contribution in [0.5, 0.6) is 5.75 Å². The van der Waals surface area contributed by atoms with Crippen LogP contribution in [0.1, 0.15) is 41.9 Å². The zero-order valence-corrected chi connectivity index (χ0v) is 24.6. The number of pyridine rings is 1. The quantitative estimate of drug-likeness (QED) is 0.291. The summed E-state index contributed by atoms with van der Waals surface area (Å²) in [5.41, 5.74) is 10.5. The first-order valence-electron chi connectivity index (χ1n) is 15.1. The van der Waals surface area contributed by atoms with Gasteiger partial charge in [0, 0.05) is 49.4 Å². The van der Waals surface area contributed by atoms with Gasteiger partial charge in [0.1, 0.15) is 34.4 Å². The number of hydrogen-bond donors (Lipinski definition) is 2. The molecular formula is C32H35N9O2. The van der Waals surface area contributed by atoms with Gasteiger partial charge in [-0.3, -0.25) is 4.79 Å². The van der Waals surface area contributed by atoms with E-state index in [1.54, 1.807) is 13.3 Å². The second-order valence-corrected chi connectivity index (χ2v) is 12.3. The number of fused-ring (bicyclic) bond motifs is 4. The number of nitrogens with two attached hydrogens (primary N) is 1. The van der Waals surface area contributed by atoms with Crippen LogP contribution >= 0.6 is 0 Å². The lowest BCUT2D eigenvalue weighted by Crippen LogP contribution is -2.41. The number of hydrogen-bond acceptors (Lipinski definition) is 8. The van der Waals surface area contributed by atoms with Gasteiger partial charge >= 0.3 is 0 Å². The molecule has 1 saturated heterocycles. The molecule has 3 aliphatic rings. The number of nitrogens with zero attached hydrogens (tertiary/aromatic N) is 7. The number of amides is 1. The molecule has 3 atom stereocenters. The number of benzene rings is 1. The average molecular weight is 578 g/mol. The highest BCUT2D eigenvalue weighted by Gasteiger charge is 2.47. The number of carbonyl (C=O) groups excluding carboxylic acids is 1. The van der Waals surface area contributed by atoms with Crippen LogP contribution in [0.4, 0.5) is 11.6 Å². The fraction of sp³-hybridized carbons (Fsp3) is 0.406. The van der Waals surface area contributed by atoms with Crippen molar-refractivity contribution in [1.29, 1.82) is 0 Å². The first-order valence-corrected chi connectivity index (χ1v) is 15.1. The van der Waals surface area contributed by atoms with Crippen molar-refractivity contribution < 1.29 is 9.53 Å². The molecule has 2 bridgehead atoms. The molecule has 43 heavy (non-hydrogen) atoms. The number of methoxy groups -OCH3 is 1. The Morgan fingerprint density at radius 2 is 1.91 bits per heavy atom. The third-order valence-corrected chi connectivity index (χ3v) is 9.46. The van der Waals surface area contributed by atoms with Gasteiger partial charge in [-0.05, 0) is 80.8 Å². The summed E-state index contributed by atoms with van der Waals surface area (Å²) in [4.78, 5) is 34.4. The van der Waals surface area contributed by atoms with E-state index in [9.17, 15) is 4.79 Å². The molecule has 8 rings (SSSR count).